The van der Waals surface area contributed by atoms with Crippen LogP contribution in [0.5, 0.6) is 0 Å². The number of anilines is 1. The molecule has 0 amide bonds. The first-order valence-corrected chi connectivity index (χ1v) is 5.58. The van der Waals surface area contributed by atoms with Gasteiger partial charge in [0.15, 0.2) is 5.78 Å². The van der Waals surface area contributed by atoms with Crippen molar-refractivity contribution in [3.05, 3.63) is 59.9 Å². The summed E-state index contributed by atoms with van der Waals surface area (Å²) in [7, 11) is 0. The Morgan fingerprint density at radius 1 is 1.12 bits per heavy atom. The lowest BCUT2D eigenvalue weighted by Gasteiger charge is -2.03. The Labute approximate surface area is 101 Å². The van der Waals surface area contributed by atoms with Crippen molar-refractivity contribution in [3.63, 3.8) is 0 Å². The van der Waals surface area contributed by atoms with Crippen LogP contribution < -0.4 is 5.73 Å². The minimum atomic E-state index is -0.0736. The van der Waals surface area contributed by atoms with Crippen LogP contribution in [0.1, 0.15) is 29.8 Å². The molecule has 0 aliphatic rings. The number of nitrogen functional groups attached to an aromatic ring is 1. The molecule has 0 fully saturated rings. The van der Waals surface area contributed by atoms with Crippen LogP contribution in [0.25, 0.3) is 0 Å². The Morgan fingerprint density at radius 3 is 2.35 bits per heavy atom. The maximum atomic E-state index is 12.0. The maximum absolute atomic E-state index is 12.0. The average molecular weight is 228 g/mol. The van der Waals surface area contributed by atoms with Gasteiger partial charge >= 0.3 is 0 Å². The zero-order valence-corrected chi connectivity index (χ0v) is 10.1. The van der Waals surface area contributed by atoms with E-state index in [4.69, 9.17) is 5.73 Å². The van der Waals surface area contributed by atoms with Gasteiger partial charge in [0.25, 0.3) is 0 Å². The van der Waals surface area contributed by atoms with Gasteiger partial charge in [-0.3, -0.25) is 9.78 Å². The average Bonchev–Trinajstić information content (AvgIpc) is 2.42. The Morgan fingerprint density at radius 2 is 1.76 bits per heavy atom. The summed E-state index contributed by atoms with van der Waals surface area (Å²) in [4.78, 5) is 15.8. The summed E-state index contributed by atoms with van der Waals surface area (Å²) in [6, 6.07) is 10.7. The van der Waals surface area contributed by atoms with Crippen molar-refractivity contribution in [2.45, 2.75) is 13.8 Å². The van der Waals surface area contributed by atoms with E-state index >= 15 is 0 Å². The number of carbonyl (C=O) groups excluding carboxylic acids is 1. The number of hydrogen-bond donors (Lipinski definition) is 1. The Bertz CT molecular complexity index is 481. The topological polar surface area (TPSA) is 56.0 Å². The molecule has 1 heterocycles. The quantitative estimate of drug-likeness (QED) is 0.804. The zero-order valence-electron chi connectivity index (χ0n) is 10.1. The first-order chi connectivity index (χ1) is 8.29. The molecule has 0 radical (unpaired) electrons. The van der Waals surface area contributed by atoms with Gasteiger partial charge in [-0.1, -0.05) is 44.2 Å². The van der Waals surface area contributed by atoms with Crippen molar-refractivity contribution in [2.75, 3.05) is 5.73 Å². The minimum absolute atomic E-state index is 0.0736. The maximum Gasteiger partial charge on any atom is 0.195 e. The summed E-state index contributed by atoms with van der Waals surface area (Å²) < 4.78 is 0. The van der Waals surface area contributed by atoms with Crippen LogP contribution in [0.15, 0.2) is 48.8 Å². The van der Waals surface area contributed by atoms with E-state index in [1.165, 1.54) is 6.20 Å². The standard InChI is InChI=1S/C12H10N2O.C2H6/c13-11-8-14-7-6-10(11)12(15)9-4-2-1-3-5-9;1-2/h1-8H,13H2;1-2H3. The molecule has 0 atom stereocenters. The molecule has 0 spiro atoms. The molecule has 2 rings (SSSR count). The van der Waals surface area contributed by atoms with Crippen molar-refractivity contribution in [1.29, 1.82) is 0 Å². The van der Waals surface area contributed by atoms with Crippen molar-refractivity contribution in [1.82, 2.24) is 4.98 Å². The van der Waals surface area contributed by atoms with Gasteiger partial charge in [0.05, 0.1) is 11.9 Å². The fourth-order valence-corrected chi connectivity index (χ4v) is 1.36. The van der Waals surface area contributed by atoms with E-state index in [0.29, 0.717) is 16.8 Å². The first kappa shape index (κ1) is 12.9. The molecule has 2 aromatic rings. The van der Waals surface area contributed by atoms with E-state index in [0.717, 1.165) is 0 Å². The largest absolute Gasteiger partial charge is 0.397 e. The number of rotatable bonds is 2. The minimum Gasteiger partial charge on any atom is -0.397 e. The van der Waals surface area contributed by atoms with Gasteiger partial charge in [0.1, 0.15) is 0 Å². The van der Waals surface area contributed by atoms with Crippen LogP contribution in [-0.2, 0) is 0 Å². The summed E-state index contributed by atoms with van der Waals surface area (Å²) >= 11 is 0. The molecule has 17 heavy (non-hydrogen) atoms. The number of carbonyl (C=O) groups is 1. The van der Waals surface area contributed by atoms with Gasteiger partial charge in [0.2, 0.25) is 0 Å². The van der Waals surface area contributed by atoms with Gasteiger partial charge in [0, 0.05) is 17.3 Å². The molecule has 2 N–H and O–H groups in total. The van der Waals surface area contributed by atoms with Gasteiger partial charge in [-0.05, 0) is 6.07 Å². The van der Waals surface area contributed by atoms with Crippen molar-refractivity contribution < 1.29 is 4.79 Å². The first-order valence-electron chi connectivity index (χ1n) is 5.58. The number of nitrogens with two attached hydrogens (primary N) is 1. The zero-order chi connectivity index (χ0) is 12.7. The van der Waals surface area contributed by atoms with E-state index in [2.05, 4.69) is 4.98 Å². The van der Waals surface area contributed by atoms with E-state index in [-0.39, 0.29) is 5.78 Å². The summed E-state index contributed by atoms with van der Waals surface area (Å²) in [5.41, 5.74) is 7.22. The molecule has 0 saturated heterocycles. The third kappa shape index (κ3) is 3.14. The highest BCUT2D eigenvalue weighted by Crippen LogP contribution is 2.14. The van der Waals surface area contributed by atoms with E-state index in [1.807, 2.05) is 32.0 Å². The molecule has 0 saturated carbocycles. The van der Waals surface area contributed by atoms with E-state index < -0.39 is 0 Å². The number of aromatic nitrogens is 1. The number of benzene rings is 1. The summed E-state index contributed by atoms with van der Waals surface area (Å²) in [6.45, 7) is 4.00. The lowest BCUT2D eigenvalue weighted by Crippen LogP contribution is -2.05. The summed E-state index contributed by atoms with van der Waals surface area (Å²) in [5.74, 6) is -0.0736. The van der Waals surface area contributed by atoms with Gasteiger partial charge in [-0.2, -0.15) is 0 Å². The number of hydrogen-bond acceptors (Lipinski definition) is 3. The smallest absolute Gasteiger partial charge is 0.195 e. The molecular formula is C14H16N2O. The Hall–Kier alpha value is -2.16. The van der Waals surface area contributed by atoms with Crippen molar-refractivity contribution in [2.24, 2.45) is 0 Å². The summed E-state index contributed by atoms with van der Waals surface area (Å²) in [5, 5.41) is 0. The molecule has 3 heteroatoms. The Balaban J connectivity index is 0.000000686. The fraction of sp³-hybridized carbons (Fsp3) is 0.143. The van der Waals surface area contributed by atoms with Crippen molar-refractivity contribution in [3.8, 4) is 0 Å². The second kappa shape index (κ2) is 6.43. The van der Waals surface area contributed by atoms with E-state index in [1.54, 1.807) is 24.4 Å². The van der Waals surface area contributed by atoms with Crippen LogP contribution in [0.2, 0.25) is 0 Å². The summed E-state index contributed by atoms with van der Waals surface area (Å²) in [6.07, 6.45) is 3.04. The van der Waals surface area contributed by atoms with Crippen LogP contribution in [0.4, 0.5) is 5.69 Å². The predicted octanol–water partition coefficient (Wildman–Crippen LogP) is 2.92. The highest BCUT2D eigenvalue weighted by molar-refractivity contribution is 6.11. The molecule has 0 unspecified atom stereocenters. The highest BCUT2D eigenvalue weighted by Gasteiger charge is 2.10. The van der Waals surface area contributed by atoms with Crippen LogP contribution in [-0.4, -0.2) is 10.8 Å². The number of pyridine rings is 1. The third-order valence-corrected chi connectivity index (χ3v) is 2.13. The Kier molecular flexibility index (Phi) is 4.88. The third-order valence-electron chi connectivity index (χ3n) is 2.13. The van der Waals surface area contributed by atoms with Gasteiger partial charge in [-0.25, -0.2) is 0 Å². The second-order valence-electron chi connectivity index (χ2n) is 3.16. The molecule has 0 aliphatic carbocycles. The van der Waals surface area contributed by atoms with E-state index in [9.17, 15) is 4.79 Å². The highest BCUT2D eigenvalue weighted by atomic mass is 16.1. The molecule has 0 bridgehead atoms. The normalized spacial score (nSPS) is 9.06. The fourth-order valence-electron chi connectivity index (χ4n) is 1.36. The van der Waals surface area contributed by atoms with Crippen molar-refractivity contribution >= 4 is 11.5 Å². The lowest BCUT2D eigenvalue weighted by atomic mass is 10.0. The van der Waals surface area contributed by atoms with Crippen LogP contribution >= 0.6 is 0 Å². The molecule has 88 valence electrons. The molecule has 1 aromatic heterocycles. The molecule has 3 nitrogen and oxygen atoms in total. The number of ketones is 1. The SMILES string of the molecule is CC.Nc1cnccc1C(=O)c1ccccc1. The predicted molar refractivity (Wildman–Crippen MR) is 69.9 cm³/mol. The van der Waals surface area contributed by atoms with Gasteiger partial charge < -0.3 is 5.73 Å². The molecule has 0 aliphatic heterocycles. The van der Waals surface area contributed by atoms with Gasteiger partial charge in [-0.15, -0.1) is 0 Å². The number of nitrogens with zero attached hydrogens (tertiary/aromatic N) is 1. The van der Waals surface area contributed by atoms with Crippen LogP contribution in [0, 0.1) is 0 Å². The molecule has 1 aromatic carbocycles. The lowest BCUT2D eigenvalue weighted by molar-refractivity contribution is 0.103. The van der Waals surface area contributed by atoms with Crippen LogP contribution in [0.3, 0.4) is 0 Å². The monoisotopic (exact) mass is 228 g/mol. The second-order valence-corrected chi connectivity index (χ2v) is 3.16. The molecular weight excluding hydrogens is 212 g/mol.